The molecule has 0 N–H and O–H groups in total. The Kier molecular flexibility index (Phi) is 6.21. The monoisotopic (exact) mass is 540 g/mol. The van der Waals surface area contributed by atoms with Gasteiger partial charge in [0.2, 0.25) is 0 Å². The van der Waals surface area contributed by atoms with Crippen LogP contribution in [0.3, 0.4) is 0 Å². The predicted octanol–water partition coefficient (Wildman–Crippen LogP) is -2.60. The molecule has 1 nitrogen and oxygen atoms in total. The molecule has 2 aliphatic carbocycles. The van der Waals surface area contributed by atoms with Crippen LogP contribution in [0.15, 0.2) is 60.2 Å². The summed E-state index contributed by atoms with van der Waals surface area (Å²) in [6, 6.07) is 15.2. The van der Waals surface area contributed by atoms with Crippen molar-refractivity contribution in [1.82, 2.24) is 0 Å². The van der Waals surface area contributed by atoms with Gasteiger partial charge in [0.15, 0.2) is 0 Å². The number of halogens is 3. The molecule has 0 amide bonds. The fourth-order valence-corrected chi connectivity index (χ4v) is 11.1. The van der Waals surface area contributed by atoms with Crippen LogP contribution in [-0.4, -0.2) is 5.01 Å². The molecule has 6 heteroatoms. The normalized spacial score (nSPS) is 20.3. The van der Waals surface area contributed by atoms with Crippen LogP contribution in [0.4, 0.5) is 0 Å². The Labute approximate surface area is 184 Å². The van der Waals surface area contributed by atoms with E-state index in [4.69, 9.17) is 13.6 Å². The third-order valence-corrected chi connectivity index (χ3v) is 13.1. The van der Waals surface area contributed by atoms with Gasteiger partial charge >= 0.3 is 161 Å². The first-order chi connectivity index (χ1) is 11.7. The van der Waals surface area contributed by atoms with Crippen LogP contribution in [-0.2, 0) is 24.4 Å². The van der Waals surface area contributed by atoms with Crippen LogP contribution in [0, 0.1) is 0 Å². The zero-order valence-electron chi connectivity index (χ0n) is 13.5. The third kappa shape index (κ3) is 3.18. The molecule has 2 atom stereocenters. The summed E-state index contributed by atoms with van der Waals surface area (Å²) >= 11 is 1.25. The molecule has 2 unspecified atom stereocenters. The zero-order valence-corrected chi connectivity index (χ0v) is 19.8. The number of benzene rings is 2. The summed E-state index contributed by atoms with van der Waals surface area (Å²) in [5.74, 6) is 1.00. The van der Waals surface area contributed by atoms with Crippen LogP contribution < -0.4 is 38.5 Å². The fraction of sp³-hybridized carbons (Fsp3) is 0.100. The Morgan fingerprint density at radius 1 is 1.04 bits per heavy atom. The Balaban J connectivity index is 0.000000980. The summed E-state index contributed by atoms with van der Waals surface area (Å²) in [5, 5.41) is 2.50. The van der Waals surface area contributed by atoms with E-state index in [2.05, 4.69) is 82.7 Å². The van der Waals surface area contributed by atoms with Crippen molar-refractivity contribution in [2.75, 3.05) is 0 Å². The van der Waals surface area contributed by atoms with E-state index >= 15 is 0 Å². The van der Waals surface area contributed by atoms with Gasteiger partial charge in [-0.3, -0.25) is 0 Å². The second-order valence-electron chi connectivity index (χ2n) is 6.16. The van der Waals surface area contributed by atoms with Crippen molar-refractivity contribution in [3.8, 4) is 0 Å². The summed E-state index contributed by atoms with van der Waals surface area (Å²) in [7, 11) is 6.18. The van der Waals surface area contributed by atoms with Crippen LogP contribution in [0.2, 0.25) is 0 Å². The van der Waals surface area contributed by atoms with Crippen molar-refractivity contribution in [2.24, 2.45) is 0 Å². The molecular formula is C20H13BrCl2OSZr. The minimum atomic E-state index is -2.26. The molecule has 0 saturated heterocycles. The first-order valence-electron chi connectivity index (χ1n) is 7.92. The van der Waals surface area contributed by atoms with Crippen molar-refractivity contribution in [3.63, 3.8) is 0 Å². The number of ether oxygens (including phenoxy) is 1. The molecule has 3 aliphatic rings. The summed E-state index contributed by atoms with van der Waals surface area (Å²) in [5.41, 5.74) is 3.94. The number of allylic oxidation sites excluding steroid dienone is 1. The molecule has 1 heterocycles. The number of rotatable bonds is 2. The molecule has 5 rings (SSSR count). The maximum absolute atomic E-state index is 6.18. The van der Waals surface area contributed by atoms with Gasteiger partial charge in [-0.2, -0.15) is 0 Å². The third-order valence-electron chi connectivity index (χ3n) is 4.80. The van der Waals surface area contributed by atoms with E-state index in [1.807, 2.05) is 0 Å². The van der Waals surface area contributed by atoms with E-state index in [1.165, 1.54) is 30.4 Å². The van der Waals surface area contributed by atoms with Gasteiger partial charge < -0.3 is 24.8 Å². The van der Waals surface area contributed by atoms with Gasteiger partial charge in [-0.15, -0.1) is 0 Å². The second kappa shape index (κ2) is 7.93. The number of hydrogen-bond acceptors (Lipinski definition) is 2. The van der Waals surface area contributed by atoms with Gasteiger partial charge in [0.25, 0.3) is 0 Å². The van der Waals surface area contributed by atoms with Gasteiger partial charge in [0.1, 0.15) is 0 Å². The Hall–Kier alpha value is -0.377. The molecule has 0 fully saturated rings. The topological polar surface area (TPSA) is 9.23 Å². The van der Waals surface area contributed by atoms with E-state index in [9.17, 15) is 0 Å². The van der Waals surface area contributed by atoms with Crippen LogP contribution >= 0.6 is 24.8 Å². The first kappa shape index (κ1) is 20.4. The molecule has 1 aliphatic heterocycles. The fourth-order valence-electron chi connectivity index (χ4n) is 3.70. The molecule has 0 saturated carbocycles. The predicted molar refractivity (Wildman–Crippen MR) is 101 cm³/mol. The molecular weight excluding hydrogens is 530 g/mol. The molecule has 0 spiro atoms. The van der Waals surface area contributed by atoms with Crippen LogP contribution in [0.5, 0.6) is 0 Å². The standard InChI is InChI=1S/C11H6BrO.C9H7.2ClH.S.Zr/c12-10-6-8-5-7-3-1-2-4-9(7)11(8)13-10;1-2-5-9-7-3-6-8(9)4-1;;;;/h1-2,4-6,10H;1-7H;2*1H;;/q;;;;;+2/p-2. The SMILES string of the molecule is [Cl-].[Cl-].[S]=[Zr+2]([c]1cccc2c1=CC1=CC(Br)OC=21)[CH]1C=Cc2ccccc21. The van der Waals surface area contributed by atoms with Crippen molar-refractivity contribution >= 4 is 46.0 Å². The maximum atomic E-state index is 6.18. The van der Waals surface area contributed by atoms with Crippen molar-refractivity contribution in [2.45, 2.75) is 8.64 Å². The van der Waals surface area contributed by atoms with Gasteiger partial charge in [0, 0.05) is 0 Å². The summed E-state index contributed by atoms with van der Waals surface area (Å²) in [6.45, 7) is 0. The number of alkyl halides is 1. The van der Waals surface area contributed by atoms with Gasteiger partial charge in [-0.25, -0.2) is 0 Å². The molecule has 0 bridgehead atoms. The summed E-state index contributed by atoms with van der Waals surface area (Å²) in [6.07, 6.45) is 8.96. The van der Waals surface area contributed by atoms with Crippen molar-refractivity contribution in [1.29, 1.82) is 0 Å². The van der Waals surface area contributed by atoms with Crippen LogP contribution in [0.1, 0.15) is 14.8 Å². The Bertz CT molecular complexity index is 1090. The summed E-state index contributed by atoms with van der Waals surface area (Å²) in [4.78, 5) is 0. The van der Waals surface area contributed by atoms with E-state index in [0.717, 1.165) is 5.76 Å². The number of hydrogen-bond donors (Lipinski definition) is 0. The van der Waals surface area contributed by atoms with Gasteiger partial charge in [0.05, 0.1) is 0 Å². The first-order valence-corrected chi connectivity index (χ1v) is 14.9. The van der Waals surface area contributed by atoms with Gasteiger partial charge in [-0.05, 0) is 0 Å². The van der Waals surface area contributed by atoms with E-state index in [-0.39, 0.29) is 29.8 Å². The summed E-state index contributed by atoms with van der Waals surface area (Å²) < 4.78 is 7.77. The van der Waals surface area contributed by atoms with E-state index in [1.54, 1.807) is 0 Å². The van der Waals surface area contributed by atoms with Crippen molar-refractivity contribution < 1.29 is 49.3 Å². The second-order valence-corrected chi connectivity index (χ2v) is 14.3. The molecule has 2 aromatic carbocycles. The molecule has 26 heavy (non-hydrogen) atoms. The zero-order chi connectivity index (χ0) is 16.3. The molecule has 0 radical (unpaired) electrons. The Morgan fingerprint density at radius 3 is 2.69 bits per heavy atom. The average Bonchev–Trinajstić information content (AvgIpc) is 3.25. The molecule has 130 valence electrons. The Morgan fingerprint density at radius 2 is 1.85 bits per heavy atom. The van der Waals surface area contributed by atoms with Crippen molar-refractivity contribution in [3.05, 3.63) is 81.8 Å². The van der Waals surface area contributed by atoms with E-state index < -0.39 is 19.7 Å². The molecule has 2 aromatic rings. The number of fused-ring (bicyclic) bond motifs is 3. The average molecular weight is 543 g/mol. The van der Waals surface area contributed by atoms with E-state index in [0.29, 0.717) is 3.63 Å². The van der Waals surface area contributed by atoms with Crippen LogP contribution in [0.25, 0.3) is 17.9 Å². The van der Waals surface area contributed by atoms with Gasteiger partial charge in [-0.1, -0.05) is 0 Å². The quantitative estimate of drug-likeness (QED) is 0.385. The molecule has 0 aromatic heterocycles. The minimum absolute atomic E-state index is 0.